The first-order chi connectivity index (χ1) is 13.9. The number of benzene rings is 2. The molecule has 0 saturated heterocycles. The Hall–Kier alpha value is -3.23. The summed E-state index contributed by atoms with van der Waals surface area (Å²) in [7, 11) is 0. The lowest BCUT2D eigenvalue weighted by Gasteiger charge is -2.05. The first kappa shape index (κ1) is 19.1. The maximum Gasteiger partial charge on any atom is 0.270 e. The number of carbonyl (C=O) groups excluding carboxylic acids is 1. The first-order valence-corrected chi connectivity index (χ1v) is 9.88. The number of carbonyl (C=O) groups is 1. The normalized spacial score (nSPS) is 11.0. The average molecular weight is 427 g/mol. The number of amides is 1. The summed E-state index contributed by atoms with van der Waals surface area (Å²) in [6.07, 6.45) is 1.79. The summed E-state index contributed by atoms with van der Waals surface area (Å²) in [5.74, 6) is -0.176. The Bertz CT molecular complexity index is 1230. The van der Waals surface area contributed by atoms with Gasteiger partial charge >= 0.3 is 0 Å². The second-order valence-electron chi connectivity index (χ2n) is 6.41. The van der Waals surface area contributed by atoms with E-state index in [0.29, 0.717) is 32.7 Å². The molecule has 0 bridgehead atoms. The van der Waals surface area contributed by atoms with Crippen molar-refractivity contribution in [3.8, 4) is 11.3 Å². The predicted molar refractivity (Wildman–Crippen MR) is 113 cm³/mol. The van der Waals surface area contributed by atoms with Crippen LogP contribution in [0.5, 0.6) is 0 Å². The van der Waals surface area contributed by atoms with Crippen LogP contribution < -0.4 is 5.32 Å². The minimum absolute atomic E-state index is 0.0119. The Morgan fingerprint density at radius 1 is 1.28 bits per heavy atom. The summed E-state index contributed by atoms with van der Waals surface area (Å²) >= 11 is 7.16. The van der Waals surface area contributed by atoms with Crippen LogP contribution in [-0.4, -0.2) is 20.2 Å². The second-order valence-corrected chi connectivity index (χ2v) is 7.83. The molecule has 0 aliphatic carbocycles. The Morgan fingerprint density at radius 3 is 2.72 bits per heavy atom. The van der Waals surface area contributed by atoms with Crippen molar-refractivity contribution in [3.63, 3.8) is 0 Å². The maximum atomic E-state index is 12.6. The Morgan fingerprint density at radius 2 is 2.03 bits per heavy atom. The summed E-state index contributed by atoms with van der Waals surface area (Å²) in [5.41, 5.74) is 3.01. The largest absolute Gasteiger partial charge is 0.347 e. The molecule has 2 aromatic heterocycles. The number of nitro benzene ring substituents is 1. The van der Waals surface area contributed by atoms with Gasteiger partial charge in [0.1, 0.15) is 4.88 Å². The number of nitro groups is 1. The molecular weight excluding hydrogens is 412 g/mol. The highest BCUT2D eigenvalue weighted by atomic mass is 35.5. The van der Waals surface area contributed by atoms with E-state index in [4.69, 9.17) is 11.6 Å². The minimum Gasteiger partial charge on any atom is -0.347 e. The van der Waals surface area contributed by atoms with Gasteiger partial charge in [-0.15, -0.1) is 0 Å². The fraction of sp³-hybridized carbons (Fsp3) is 0.100. The molecule has 0 radical (unpaired) electrons. The number of halogens is 1. The van der Waals surface area contributed by atoms with Gasteiger partial charge < -0.3 is 5.32 Å². The molecule has 9 heteroatoms. The van der Waals surface area contributed by atoms with Crippen LogP contribution >= 0.6 is 22.9 Å². The molecule has 4 rings (SSSR count). The minimum atomic E-state index is -0.434. The standard InChI is InChI=1S/C20H15ClN4O3S/c1-12-18(19(26)22-10-13-5-7-15(21)8-6-13)29-20-23-17(11-24(12)20)14-3-2-4-16(9-14)25(27)28/h2-9,11H,10H2,1H3,(H,22,26). The molecule has 29 heavy (non-hydrogen) atoms. The summed E-state index contributed by atoms with van der Waals surface area (Å²) in [6, 6.07) is 13.6. The van der Waals surface area contributed by atoms with Crippen molar-refractivity contribution in [2.45, 2.75) is 13.5 Å². The molecule has 1 amide bonds. The van der Waals surface area contributed by atoms with Gasteiger partial charge in [-0.05, 0) is 24.6 Å². The fourth-order valence-corrected chi connectivity index (χ4v) is 4.09. The van der Waals surface area contributed by atoms with Gasteiger partial charge in [0.2, 0.25) is 0 Å². The number of non-ortho nitro benzene ring substituents is 1. The van der Waals surface area contributed by atoms with Crippen LogP contribution in [0.2, 0.25) is 5.02 Å². The van der Waals surface area contributed by atoms with Crippen LogP contribution in [0.1, 0.15) is 20.9 Å². The number of hydrogen-bond acceptors (Lipinski definition) is 5. The molecule has 0 spiro atoms. The van der Waals surface area contributed by atoms with E-state index >= 15 is 0 Å². The zero-order valence-electron chi connectivity index (χ0n) is 15.3. The molecule has 1 N–H and O–H groups in total. The predicted octanol–water partition coefficient (Wildman–Crippen LogP) is 4.86. The van der Waals surface area contributed by atoms with Crippen LogP contribution in [-0.2, 0) is 6.54 Å². The van der Waals surface area contributed by atoms with Crippen molar-refractivity contribution in [1.29, 1.82) is 0 Å². The maximum absolute atomic E-state index is 12.6. The van der Waals surface area contributed by atoms with Crippen molar-refractivity contribution < 1.29 is 9.72 Å². The second kappa shape index (κ2) is 7.65. The summed E-state index contributed by atoms with van der Waals surface area (Å²) in [5, 5.41) is 14.5. The summed E-state index contributed by atoms with van der Waals surface area (Å²) in [6.45, 7) is 2.24. The number of imidazole rings is 1. The third kappa shape index (κ3) is 3.85. The van der Waals surface area contributed by atoms with Gasteiger partial charge in [0.05, 0.1) is 10.6 Å². The topological polar surface area (TPSA) is 89.5 Å². The van der Waals surface area contributed by atoms with Crippen LogP contribution in [0.3, 0.4) is 0 Å². The molecule has 2 heterocycles. The van der Waals surface area contributed by atoms with Crippen LogP contribution in [0, 0.1) is 17.0 Å². The van der Waals surface area contributed by atoms with E-state index in [9.17, 15) is 14.9 Å². The van der Waals surface area contributed by atoms with E-state index < -0.39 is 4.92 Å². The molecule has 0 atom stereocenters. The number of aromatic nitrogens is 2. The highest BCUT2D eigenvalue weighted by molar-refractivity contribution is 7.19. The third-order valence-electron chi connectivity index (χ3n) is 4.48. The van der Waals surface area contributed by atoms with Gasteiger partial charge in [-0.3, -0.25) is 19.3 Å². The van der Waals surface area contributed by atoms with E-state index in [2.05, 4.69) is 10.3 Å². The molecule has 146 valence electrons. The molecule has 0 aliphatic rings. The van der Waals surface area contributed by atoms with Gasteiger partial charge in [0.15, 0.2) is 4.96 Å². The molecule has 0 fully saturated rings. The Balaban J connectivity index is 1.56. The number of hydrogen-bond donors (Lipinski definition) is 1. The van der Waals surface area contributed by atoms with E-state index in [1.54, 1.807) is 30.5 Å². The molecule has 0 aliphatic heterocycles. The molecule has 7 nitrogen and oxygen atoms in total. The number of nitrogens with zero attached hydrogens (tertiary/aromatic N) is 3. The lowest BCUT2D eigenvalue weighted by molar-refractivity contribution is -0.384. The first-order valence-electron chi connectivity index (χ1n) is 8.68. The average Bonchev–Trinajstić information content (AvgIpc) is 3.27. The van der Waals surface area contributed by atoms with Crippen LogP contribution in [0.25, 0.3) is 16.2 Å². The summed E-state index contributed by atoms with van der Waals surface area (Å²) in [4.78, 5) is 28.9. The van der Waals surface area contributed by atoms with E-state index in [1.807, 2.05) is 23.5 Å². The monoisotopic (exact) mass is 426 g/mol. The molecule has 0 saturated carbocycles. The van der Waals surface area contributed by atoms with Gasteiger partial charge in [0, 0.05) is 41.2 Å². The SMILES string of the molecule is Cc1c(C(=O)NCc2ccc(Cl)cc2)sc2nc(-c3cccc([N+](=O)[O-])c3)cn12. The smallest absolute Gasteiger partial charge is 0.270 e. The molecular formula is C20H15ClN4O3S. The lowest BCUT2D eigenvalue weighted by atomic mass is 10.1. The summed E-state index contributed by atoms with van der Waals surface area (Å²) < 4.78 is 1.83. The number of thiazole rings is 1. The van der Waals surface area contributed by atoms with E-state index in [-0.39, 0.29) is 11.6 Å². The lowest BCUT2D eigenvalue weighted by Crippen LogP contribution is -2.22. The van der Waals surface area contributed by atoms with Gasteiger partial charge in [-0.2, -0.15) is 0 Å². The van der Waals surface area contributed by atoms with Crippen molar-refractivity contribution in [1.82, 2.24) is 14.7 Å². The highest BCUT2D eigenvalue weighted by Gasteiger charge is 2.18. The zero-order chi connectivity index (χ0) is 20.5. The Kier molecular flexibility index (Phi) is 5.04. The van der Waals surface area contributed by atoms with Crippen molar-refractivity contribution >= 4 is 39.5 Å². The molecule has 4 aromatic rings. The van der Waals surface area contributed by atoms with Gasteiger partial charge in [-0.1, -0.05) is 47.2 Å². The number of fused-ring (bicyclic) bond motifs is 1. The van der Waals surface area contributed by atoms with Crippen LogP contribution in [0.15, 0.2) is 54.7 Å². The van der Waals surface area contributed by atoms with Crippen molar-refractivity contribution in [3.05, 3.63) is 86.0 Å². The Labute approximate surface area is 174 Å². The fourth-order valence-electron chi connectivity index (χ4n) is 2.94. The van der Waals surface area contributed by atoms with Gasteiger partial charge in [-0.25, -0.2) is 4.98 Å². The zero-order valence-corrected chi connectivity index (χ0v) is 16.8. The van der Waals surface area contributed by atoms with Crippen LogP contribution in [0.4, 0.5) is 5.69 Å². The van der Waals surface area contributed by atoms with E-state index in [0.717, 1.165) is 11.3 Å². The third-order valence-corrected chi connectivity index (χ3v) is 5.89. The highest BCUT2D eigenvalue weighted by Crippen LogP contribution is 2.28. The molecule has 2 aromatic carbocycles. The number of aryl methyl sites for hydroxylation is 1. The number of nitrogens with one attached hydrogen (secondary N) is 1. The van der Waals surface area contributed by atoms with Crippen molar-refractivity contribution in [2.24, 2.45) is 0 Å². The van der Waals surface area contributed by atoms with Crippen molar-refractivity contribution in [2.75, 3.05) is 0 Å². The number of rotatable bonds is 5. The molecule has 0 unspecified atom stereocenters. The van der Waals surface area contributed by atoms with Gasteiger partial charge in [0.25, 0.3) is 11.6 Å². The quantitative estimate of drug-likeness (QED) is 0.364. The van der Waals surface area contributed by atoms with E-state index in [1.165, 1.54) is 23.5 Å².